The number of halogens is 1. The molecular weight excluding hydrogens is 345 g/mol. The van der Waals surface area contributed by atoms with Crippen LogP contribution in [0.1, 0.15) is 41.6 Å². The normalized spacial score (nSPS) is 24.8. The largest absolute Gasteiger partial charge is 0.311 e. The van der Waals surface area contributed by atoms with Gasteiger partial charge in [-0.25, -0.2) is 17.5 Å². The van der Waals surface area contributed by atoms with Gasteiger partial charge < -0.3 is 5.32 Å². The van der Waals surface area contributed by atoms with Crippen molar-refractivity contribution >= 4 is 21.6 Å². The number of rotatable bonds is 2. The minimum Gasteiger partial charge on any atom is -0.311 e. The summed E-state index contributed by atoms with van der Waals surface area (Å²) in [5, 5.41) is 7.39. The summed E-state index contributed by atoms with van der Waals surface area (Å²) < 4.78 is 38.5. The van der Waals surface area contributed by atoms with Gasteiger partial charge in [0, 0.05) is 17.9 Å². The molecule has 1 aromatic carbocycles. The van der Waals surface area contributed by atoms with Gasteiger partial charge in [0.2, 0.25) is 5.91 Å². The van der Waals surface area contributed by atoms with Crippen molar-refractivity contribution in [1.29, 1.82) is 0 Å². The lowest BCUT2D eigenvalue weighted by Gasteiger charge is -2.25. The fourth-order valence-corrected chi connectivity index (χ4v) is 5.48. The van der Waals surface area contributed by atoms with E-state index in [0.717, 1.165) is 16.8 Å². The summed E-state index contributed by atoms with van der Waals surface area (Å²) >= 11 is 0. The molecule has 6 nitrogen and oxygen atoms in total. The quantitative estimate of drug-likeness (QED) is 0.887. The van der Waals surface area contributed by atoms with Crippen LogP contribution in [0.3, 0.4) is 0 Å². The van der Waals surface area contributed by atoms with Gasteiger partial charge in [0.25, 0.3) is 0 Å². The van der Waals surface area contributed by atoms with Crippen molar-refractivity contribution in [1.82, 2.24) is 9.78 Å². The predicted octanol–water partition coefficient (Wildman–Crippen LogP) is 2.16. The molecule has 0 aliphatic carbocycles. The Morgan fingerprint density at radius 2 is 2.00 bits per heavy atom. The first kappa shape index (κ1) is 16.3. The summed E-state index contributed by atoms with van der Waals surface area (Å²) in [4.78, 5) is 12.2. The number of anilines is 1. The van der Waals surface area contributed by atoms with Crippen LogP contribution in [0, 0.1) is 12.7 Å². The molecule has 132 valence electrons. The number of aryl methyl sites for hydroxylation is 1. The van der Waals surface area contributed by atoms with Crippen molar-refractivity contribution in [3.63, 3.8) is 0 Å². The van der Waals surface area contributed by atoms with Crippen LogP contribution in [-0.4, -0.2) is 35.6 Å². The number of aromatic nitrogens is 2. The number of nitrogens with zero attached hydrogens (tertiary/aromatic N) is 2. The van der Waals surface area contributed by atoms with E-state index in [0.29, 0.717) is 12.2 Å². The van der Waals surface area contributed by atoms with Crippen LogP contribution in [-0.2, 0) is 14.6 Å². The zero-order chi connectivity index (χ0) is 17.8. The van der Waals surface area contributed by atoms with Crippen LogP contribution in [0.25, 0.3) is 0 Å². The Kier molecular flexibility index (Phi) is 3.68. The van der Waals surface area contributed by atoms with E-state index in [9.17, 15) is 17.6 Å². The summed E-state index contributed by atoms with van der Waals surface area (Å²) in [7, 11) is -3.06. The molecule has 0 bridgehead atoms. The SMILES string of the molecule is Cc1nn([C@H]2CCS(=O)(=O)C2)c2c1[C@@H](c1ccc(F)cc1)CC(=O)N2. The van der Waals surface area contributed by atoms with Gasteiger partial charge in [-0.05, 0) is 31.0 Å². The molecule has 0 saturated carbocycles. The van der Waals surface area contributed by atoms with E-state index in [-0.39, 0.29) is 41.6 Å². The number of fused-ring (bicyclic) bond motifs is 1. The van der Waals surface area contributed by atoms with E-state index in [1.165, 1.54) is 12.1 Å². The molecule has 2 aliphatic heterocycles. The van der Waals surface area contributed by atoms with Crippen molar-refractivity contribution < 1.29 is 17.6 Å². The lowest BCUT2D eigenvalue weighted by Crippen LogP contribution is -2.26. The Hall–Kier alpha value is -2.22. The fraction of sp³-hybridized carbons (Fsp3) is 0.412. The third-order valence-electron chi connectivity index (χ3n) is 4.95. The molecule has 0 spiro atoms. The zero-order valence-corrected chi connectivity index (χ0v) is 14.5. The summed E-state index contributed by atoms with van der Waals surface area (Å²) in [5.74, 6) is 0.0659. The highest BCUT2D eigenvalue weighted by molar-refractivity contribution is 7.91. The lowest BCUT2D eigenvalue weighted by molar-refractivity contribution is -0.116. The van der Waals surface area contributed by atoms with Gasteiger partial charge in [-0.1, -0.05) is 12.1 Å². The first-order chi connectivity index (χ1) is 11.8. The van der Waals surface area contributed by atoms with Gasteiger partial charge in [0.1, 0.15) is 11.6 Å². The second-order valence-electron chi connectivity index (χ2n) is 6.71. The van der Waals surface area contributed by atoms with E-state index < -0.39 is 9.84 Å². The second-order valence-corrected chi connectivity index (χ2v) is 8.93. The third kappa shape index (κ3) is 2.84. The van der Waals surface area contributed by atoms with Crippen LogP contribution in [0.15, 0.2) is 24.3 Å². The van der Waals surface area contributed by atoms with E-state index in [1.54, 1.807) is 16.8 Å². The minimum atomic E-state index is -3.06. The van der Waals surface area contributed by atoms with Gasteiger partial charge in [-0.3, -0.25) is 4.79 Å². The average Bonchev–Trinajstić information content (AvgIpc) is 3.07. The summed E-state index contributed by atoms with van der Waals surface area (Å²) in [6.07, 6.45) is 0.751. The van der Waals surface area contributed by atoms with Gasteiger partial charge in [0.15, 0.2) is 9.84 Å². The molecule has 0 radical (unpaired) electrons. The van der Waals surface area contributed by atoms with Gasteiger partial charge in [0.05, 0.1) is 23.2 Å². The predicted molar refractivity (Wildman–Crippen MR) is 90.8 cm³/mol. The topological polar surface area (TPSA) is 81.1 Å². The van der Waals surface area contributed by atoms with E-state index >= 15 is 0 Å². The summed E-state index contributed by atoms with van der Waals surface area (Å²) in [6.45, 7) is 1.85. The zero-order valence-electron chi connectivity index (χ0n) is 13.7. The Balaban J connectivity index is 1.79. The van der Waals surface area contributed by atoms with E-state index in [1.807, 2.05) is 6.92 Å². The lowest BCUT2D eigenvalue weighted by atomic mass is 9.86. The van der Waals surface area contributed by atoms with Crippen molar-refractivity contribution in [2.24, 2.45) is 0 Å². The highest BCUT2D eigenvalue weighted by atomic mass is 32.2. The van der Waals surface area contributed by atoms with Crippen molar-refractivity contribution in [3.8, 4) is 0 Å². The molecule has 25 heavy (non-hydrogen) atoms. The highest BCUT2D eigenvalue weighted by Crippen LogP contribution is 2.41. The molecule has 1 saturated heterocycles. The van der Waals surface area contributed by atoms with Crippen LogP contribution in [0.2, 0.25) is 0 Å². The number of carbonyl (C=O) groups excluding carboxylic acids is 1. The molecule has 2 atom stereocenters. The first-order valence-electron chi connectivity index (χ1n) is 8.19. The maximum Gasteiger partial charge on any atom is 0.226 e. The molecule has 0 unspecified atom stereocenters. The second kappa shape index (κ2) is 5.66. The molecule has 3 heterocycles. The smallest absolute Gasteiger partial charge is 0.226 e. The molecule has 1 aromatic heterocycles. The monoisotopic (exact) mass is 363 g/mol. The maximum atomic E-state index is 13.2. The average molecular weight is 363 g/mol. The minimum absolute atomic E-state index is 0.0393. The molecule has 1 fully saturated rings. The van der Waals surface area contributed by atoms with Crippen molar-refractivity contribution in [2.75, 3.05) is 16.8 Å². The number of hydrogen-bond acceptors (Lipinski definition) is 4. The molecule has 2 aromatic rings. The van der Waals surface area contributed by atoms with Crippen LogP contribution < -0.4 is 5.32 Å². The van der Waals surface area contributed by atoms with Crippen molar-refractivity contribution in [2.45, 2.75) is 31.7 Å². The first-order valence-corrected chi connectivity index (χ1v) is 10.0. The fourth-order valence-electron chi connectivity index (χ4n) is 3.78. The standard InChI is InChI=1S/C17H18FN3O3S/c1-10-16-14(11-2-4-12(18)5-3-11)8-15(22)19-17(16)21(20-10)13-6-7-25(23,24)9-13/h2-5,13-14H,6-9H2,1H3,(H,19,22)/t13-,14+/m0/s1. The van der Waals surface area contributed by atoms with Gasteiger partial charge in [-0.15, -0.1) is 0 Å². The highest BCUT2D eigenvalue weighted by Gasteiger charge is 2.37. The van der Waals surface area contributed by atoms with Crippen LogP contribution >= 0.6 is 0 Å². The van der Waals surface area contributed by atoms with Gasteiger partial charge >= 0.3 is 0 Å². The van der Waals surface area contributed by atoms with Crippen LogP contribution in [0.5, 0.6) is 0 Å². The number of benzene rings is 1. The molecular formula is C17H18FN3O3S. The Morgan fingerprint density at radius 3 is 2.64 bits per heavy atom. The van der Waals surface area contributed by atoms with Crippen LogP contribution in [0.4, 0.5) is 10.2 Å². The maximum absolute atomic E-state index is 13.2. The van der Waals surface area contributed by atoms with Crippen molar-refractivity contribution in [3.05, 3.63) is 46.9 Å². The molecule has 2 aliphatic rings. The number of amides is 1. The molecule has 4 rings (SSSR count). The number of carbonyl (C=O) groups is 1. The molecule has 1 N–H and O–H groups in total. The summed E-state index contributed by atoms with van der Waals surface area (Å²) in [5.41, 5.74) is 2.49. The molecule has 8 heteroatoms. The Morgan fingerprint density at radius 1 is 1.28 bits per heavy atom. The molecule has 1 amide bonds. The number of sulfone groups is 1. The number of nitrogens with one attached hydrogen (secondary N) is 1. The summed E-state index contributed by atoms with van der Waals surface area (Å²) in [6, 6.07) is 5.85. The third-order valence-corrected chi connectivity index (χ3v) is 6.70. The Labute approximate surface area is 145 Å². The van der Waals surface area contributed by atoms with E-state index in [2.05, 4.69) is 10.4 Å². The Bertz CT molecular complexity index is 950. The van der Waals surface area contributed by atoms with E-state index in [4.69, 9.17) is 0 Å². The number of hydrogen-bond donors (Lipinski definition) is 1. The van der Waals surface area contributed by atoms with Gasteiger partial charge in [-0.2, -0.15) is 5.10 Å².